The molecule has 0 radical (unpaired) electrons. The van der Waals surface area contributed by atoms with Gasteiger partial charge >= 0.3 is 0 Å². The third-order valence-corrected chi connectivity index (χ3v) is 3.19. The number of amides is 1. The highest BCUT2D eigenvalue weighted by atomic mass is 16.5. The van der Waals surface area contributed by atoms with Crippen molar-refractivity contribution in [2.24, 2.45) is 5.41 Å². The second kappa shape index (κ2) is 6.72. The zero-order valence-electron chi connectivity index (χ0n) is 11.4. The van der Waals surface area contributed by atoms with Crippen LogP contribution >= 0.6 is 0 Å². The summed E-state index contributed by atoms with van der Waals surface area (Å²) in [6, 6.07) is 2.19. The molecule has 0 aliphatic carbocycles. The Balaban J connectivity index is 2.53. The van der Waals surface area contributed by atoms with Gasteiger partial charge in [-0.3, -0.25) is 4.79 Å². The number of nitriles is 1. The molecule has 5 nitrogen and oxygen atoms in total. The van der Waals surface area contributed by atoms with Crippen molar-refractivity contribution in [3.8, 4) is 6.07 Å². The third kappa shape index (κ3) is 3.69. The van der Waals surface area contributed by atoms with Crippen LogP contribution in [0.4, 0.5) is 0 Å². The van der Waals surface area contributed by atoms with Crippen LogP contribution in [0.25, 0.3) is 0 Å². The SMILES string of the molecule is CC(C)OCCN(C)C(=O)C1(C#N)CCOCC1. The van der Waals surface area contributed by atoms with E-state index in [-0.39, 0.29) is 12.0 Å². The Labute approximate surface area is 109 Å². The molecule has 0 bridgehead atoms. The number of hydrogen-bond donors (Lipinski definition) is 0. The predicted octanol–water partition coefficient (Wildman–Crippen LogP) is 1.19. The van der Waals surface area contributed by atoms with Gasteiger partial charge in [-0.1, -0.05) is 0 Å². The van der Waals surface area contributed by atoms with Gasteiger partial charge in [0.25, 0.3) is 0 Å². The fourth-order valence-electron chi connectivity index (χ4n) is 1.99. The van der Waals surface area contributed by atoms with Crippen molar-refractivity contribution in [2.45, 2.75) is 32.8 Å². The molecule has 5 heteroatoms. The van der Waals surface area contributed by atoms with Crippen LogP contribution in [-0.2, 0) is 14.3 Å². The van der Waals surface area contributed by atoms with Crippen LogP contribution in [0.5, 0.6) is 0 Å². The van der Waals surface area contributed by atoms with Gasteiger partial charge in [0.2, 0.25) is 5.91 Å². The second-order valence-electron chi connectivity index (χ2n) is 4.95. The summed E-state index contributed by atoms with van der Waals surface area (Å²) in [6.45, 7) is 5.89. The minimum Gasteiger partial charge on any atom is -0.381 e. The van der Waals surface area contributed by atoms with E-state index in [0.717, 1.165) is 0 Å². The van der Waals surface area contributed by atoms with Gasteiger partial charge in [0.15, 0.2) is 0 Å². The second-order valence-corrected chi connectivity index (χ2v) is 4.95. The third-order valence-electron chi connectivity index (χ3n) is 3.19. The first-order valence-electron chi connectivity index (χ1n) is 6.38. The fraction of sp³-hybridized carbons (Fsp3) is 0.846. The number of carbonyl (C=O) groups is 1. The first-order valence-corrected chi connectivity index (χ1v) is 6.38. The maximum absolute atomic E-state index is 12.3. The van der Waals surface area contributed by atoms with E-state index < -0.39 is 5.41 Å². The Kier molecular flexibility index (Phi) is 5.57. The van der Waals surface area contributed by atoms with Gasteiger partial charge in [0.05, 0.1) is 18.8 Å². The number of nitrogens with zero attached hydrogens (tertiary/aromatic N) is 2. The molecule has 0 atom stereocenters. The number of likely N-dealkylation sites (N-methyl/N-ethyl adjacent to an activating group) is 1. The maximum atomic E-state index is 12.3. The predicted molar refractivity (Wildman–Crippen MR) is 66.8 cm³/mol. The quantitative estimate of drug-likeness (QED) is 0.739. The number of hydrogen-bond acceptors (Lipinski definition) is 4. The summed E-state index contributed by atoms with van der Waals surface area (Å²) in [7, 11) is 1.72. The first kappa shape index (κ1) is 14.9. The highest BCUT2D eigenvalue weighted by Gasteiger charge is 2.42. The number of carbonyl (C=O) groups excluding carboxylic acids is 1. The lowest BCUT2D eigenvalue weighted by Gasteiger charge is -2.33. The van der Waals surface area contributed by atoms with Crippen LogP contribution in [0.15, 0.2) is 0 Å². The Morgan fingerprint density at radius 2 is 2.11 bits per heavy atom. The maximum Gasteiger partial charge on any atom is 0.243 e. The molecule has 0 aromatic carbocycles. The molecule has 1 heterocycles. The molecule has 0 unspecified atom stereocenters. The molecular formula is C13H22N2O3. The van der Waals surface area contributed by atoms with Gasteiger partial charge in [0.1, 0.15) is 5.41 Å². The molecule has 1 fully saturated rings. The minimum atomic E-state index is -0.898. The number of rotatable bonds is 5. The van der Waals surface area contributed by atoms with Crippen LogP contribution in [0.2, 0.25) is 0 Å². The van der Waals surface area contributed by atoms with Crippen LogP contribution in [-0.4, -0.2) is 50.3 Å². The van der Waals surface area contributed by atoms with Crippen LogP contribution in [0, 0.1) is 16.7 Å². The molecule has 0 aromatic heterocycles. The topological polar surface area (TPSA) is 62.6 Å². The largest absolute Gasteiger partial charge is 0.381 e. The van der Waals surface area contributed by atoms with Gasteiger partial charge in [-0.2, -0.15) is 5.26 Å². The fourth-order valence-corrected chi connectivity index (χ4v) is 1.99. The summed E-state index contributed by atoms with van der Waals surface area (Å²) in [4.78, 5) is 13.9. The summed E-state index contributed by atoms with van der Waals surface area (Å²) in [5.74, 6) is -0.111. The Hall–Kier alpha value is -1.12. The molecule has 18 heavy (non-hydrogen) atoms. The Morgan fingerprint density at radius 3 is 2.61 bits per heavy atom. The van der Waals surface area contributed by atoms with Crippen molar-refractivity contribution in [2.75, 3.05) is 33.4 Å². The lowest BCUT2D eigenvalue weighted by atomic mass is 9.80. The average molecular weight is 254 g/mol. The summed E-state index contributed by atoms with van der Waals surface area (Å²) in [5, 5.41) is 9.29. The van der Waals surface area contributed by atoms with E-state index in [1.54, 1.807) is 11.9 Å². The van der Waals surface area contributed by atoms with Gasteiger partial charge in [-0.05, 0) is 26.7 Å². The summed E-state index contributed by atoms with van der Waals surface area (Å²) < 4.78 is 10.6. The summed E-state index contributed by atoms with van der Waals surface area (Å²) in [6.07, 6.45) is 1.12. The van der Waals surface area contributed by atoms with Crippen molar-refractivity contribution in [1.82, 2.24) is 4.90 Å². The molecule has 0 spiro atoms. The van der Waals surface area contributed by atoms with E-state index in [0.29, 0.717) is 39.2 Å². The Morgan fingerprint density at radius 1 is 1.50 bits per heavy atom. The molecule has 102 valence electrons. The van der Waals surface area contributed by atoms with Crippen molar-refractivity contribution >= 4 is 5.91 Å². The van der Waals surface area contributed by atoms with Crippen molar-refractivity contribution in [3.05, 3.63) is 0 Å². The monoisotopic (exact) mass is 254 g/mol. The average Bonchev–Trinajstić information content (AvgIpc) is 2.38. The molecule has 1 rings (SSSR count). The van der Waals surface area contributed by atoms with Crippen LogP contribution in [0.1, 0.15) is 26.7 Å². The molecular weight excluding hydrogens is 232 g/mol. The normalized spacial score (nSPS) is 18.4. The molecule has 1 saturated heterocycles. The lowest BCUT2D eigenvalue weighted by molar-refractivity contribution is -0.142. The standard InChI is InChI=1S/C13H22N2O3/c1-11(2)18-9-6-15(3)12(16)13(10-14)4-7-17-8-5-13/h11H,4-9H2,1-3H3. The highest BCUT2D eigenvalue weighted by molar-refractivity contribution is 5.85. The molecule has 1 aliphatic heterocycles. The van der Waals surface area contributed by atoms with Gasteiger partial charge in [-0.25, -0.2) is 0 Å². The molecule has 1 aliphatic rings. The zero-order valence-corrected chi connectivity index (χ0v) is 11.4. The van der Waals surface area contributed by atoms with Gasteiger partial charge in [-0.15, -0.1) is 0 Å². The molecule has 0 saturated carbocycles. The minimum absolute atomic E-state index is 0.111. The molecule has 0 aromatic rings. The van der Waals surface area contributed by atoms with E-state index in [1.807, 2.05) is 13.8 Å². The highest BCUT2D eigenvalue weighted by Crippen LogP contribution is 2.31. The lowest BCUT2D eigenvalue weighted by Crippen LogP contribution is -2.45. The Bertz CT molecular complexity index is 317. The first-order chi connectivity index (χ1) is 8.52. The van der Waals surface area contributed by atoms with E-state index in [9.17, 15) is 10.1 Å². The van der Waals surface area contributed by atoms with E-state index in [2.05, 4.69) is 6.07 Å². The van der Waals surface area contributed by atoms with Crippen molar-refractivity contribution < 1.29 is 14.3 Å². The summed E-state index contributed by atoms with van der Waals surface area (Å²) >= 11 is 0. The van der Waals surface area contributed by atoms with Crippen molar-refractivity contribution in [1.29, 1.82) is 5.26 Å². The van der Waals surface area contributed by atoms with Crippen LogP contribution < -0.4 is 0 Å². The summed E-state index contributed by atoms with van der Waals surface area (Å²) in [5.41, 5.74) is -0.898. The molecule has 0 N–H and O–H groups in total. The van der Waals surface area contributed by atoms with Crippen molar-refractivity contribution in [3.63, 3.8) is 0 Å². The van der Waals surface area contributed by atoms with Gasteiger partial charge in [0, 0.05) is 26.8 Å². The molecule has 1 amide bonds. The smallest absolute Gasteiger partial charge is 0.243 e. The zero-order chi connectivity index (χ0) is 13.6. The number of ether oxygens (including phenoxy) is 2. The van der Waals surface area contributed by atoms with Gasteiger partial charge < -0.3 is 14.4 Å². The van der Waals surface area contributed by atoms with Crippen LogP contribution in [0.3, 0.4) is 0 Å². The van der Waals surface area contributed by atoms with E-state index in [1.165, 1.54) is 0 Å². The van der Waals surface area contributed by atoms with E-state index in [4.69, 9.17) is 9.47 Å². The van der Waals surface area contributed by atoms with E-state index >= 15 is 0 Å².